The smallest absolute Gasteiger partial charge is 0.416 e. The predicted molar refractivity (Wildman–Crippen MR) is 61.5 cm³/mol. The number of amides is 1. The number of hydrogen-bond acceptors (Lipinski definition) is 2. The van der Waals surface area contributed by atoms with Gasteiger partial charge in [-0.15, -0.1) is 0 Å². The van der Waals surface area contributed by atoms with Crippen LogP contribution in [-0.2, 0) is 15.8 Å². The molecule has 0 radical (unpaired) electrons. The molecule has 1 aromatic rings. The van der Waals surface area contributed by atoms with Crippen molar-refractivity contribution in [2.45, 2.75) is 13.1 Å². The predicted octanol–water partition coefficient (Wildman–Crippen LogP) is 2.67. The molecule has 2 N–H and O–H groups in total. The van der Waals surface area contributed by atoms with Crippen LogP contribution in [0, 0.1) is 0 Å². The van der Waals surface area contributed by atoms with Gasteiger partial charge in [0.1, 0.15) is 0 Å². The molecule has 19 heavy (non-hydrogen) atoms. The summed E-state index contributed by atoms with van der Waals surface area (Å²) in [5.41, 5.74) is -0.744. The summed E-state index contributed by atoms with van der Waals surface area (Å²) in [5.74, 6) is -1.97. The lowest BCUT2D eigenvalue weighted by Gasteiger charge is -2.08. The van der Waals surface area contributed by atoms with Gasteiger partial charge in [0.2, 0.25) is 0 Å². The minimum Gasteiger partial charge on any atom is -0.478 e. The molecule has 0 aromatic heterocycles. The van der Waals surface area contributed by atoms with Crippen LogP contribution in [0.15, 0.2) is 35.9 Å². The third-order valence-electron chi connectivity index (χ3n) is 2.17. The molecule has 1 aromatic carbocycles. The number of carbonyl (C=O) groups excluding carboxylic acids is 1. The molecule has 0 atom stereocenters. The van der Waals surface area contributed by atoms with E-state index < -0.39 is 23.6 Å². The third-order valence-corrected chi connectivity index (χ3v) is 2.17. The van der Waals surface area contributed by atoms with E-state index in [-0.39, 0.29) is 11.3 Å². The second-order valence-electron chi connectivity index (χ2n) is 3.69. The molecule has 0 unspecified atom stereocenters. The Morgan fingerprint density at radius 3 is 2.16 bits per heavy atom. The molecular weight excluding hydrogens is 263 g/mol. The van der Waals surface area contributed by atoms with Crippen molar-refractivity contribution in [1.29, 1.82) is 0 Å². The number of carboxylic acid groups (broad SMARTS) is 1. The first-order valence-corrected chi connectivity index (χ1v) is 5.10. The lowest BCUT2D eigenvalue weighted by atomic mass is 10.2. The standard InChI is InChI=1S/C12H10F3NO3/c1-7(6-10(17)18)11(19)16-9-4-2-8(3-5-9)12(13,14)15/h2-6H,1H3,(H,16,19)(H,17,18)/b7-6+. The van der Waals surface area contributed by atoms with Crippen molar-refractivity contribution < 1.29 is 27.9 Å². The van der Waals surface area contributed by atoms with E-state index in [1.54, 1.807) is 0 Å². The molecule has 102 valence electrons. The van der Waals surface area contributed by atoms with Crippen LogP contribution in [0.3, 0.4) is 0 Å². The quantitative estimate of drug-likeness (QED) is 0.832. The first-order valence-electron chi connectivity index (χ1n) is 5.10. The Hall–Kier alpha value is -2.31. The van der Waals surface area contributed by atoms with Crippen molar-refractivity contribution in [3.63, 3.8) is 0 Å². The average molecular weight is 273 g/mol. The number of nitrogens with one attached hydrogen (secondary N) is 1. The van der Waals surface area contributed by atoms with E-state index in [4.69, 9.17) is 5.11 Å². The molecule has 4 nitrogen and oxygen atoms in total. The largest absolute Gasteiger partial charge is 0.478 e. The molecular formula is C12H10F3NO3. The monoisotopic (exact) mass is 273 g/mol. The summed E-state index contributed by atoms with van der Waals surface area (Å²) in [6.07, 6.45) is -3.74. The van der Waals surface area contributed by atoms with Crippen LogP contribution in [0.2, 0.25) is 0 Å². The van der Waals surface area contributed by atoms with E-state index in [1.165, 1.54) is 6.92 Å². The van der Waals surface area contributed by atoms with Gasteiger partial charge in [-0.25, -0.2) is 4.79 Å². The SMILES string of the molecule is C/C(=C\C(=O)O)C(=O)Nc1ccc(C(F)(F)F)cc1. The van der Waals surface area contributed by atoms with Gasteiger partial charge in [0.05, 0.1) is 5.56 Å². The molecule has 0 heterocycles. The van der Waals surface area contributed by atoms with Crippen LogP contribution in [0.5, 0.6) is 0 Å². The zero-order valence-electron chi connectivity index (χ0n) is 9.78. The highest BCUT2D eigenvalue weighted by atomic mass is 19.4. The van der Waals surface area contributed by atoms with E-state index in [1.807, 2.05) is 0 Å². The van der Waals surface area contributed by atoms with Gasteiger partial charge < -0.3 is 10.4 Å². The summed E-state index contributed by atoms with van der Waals surface area (Å²) >= 11 is 0. The number of benzene rings is 1. The van der Waals surface area contributed by atoms with E-state index in [0.717, 1.165) is 24.3 Å². The molecule has 0 fully saturated rings. The number of anilines is 1. The molecule has 0 aliphatic heterocycles. The third kappa shape index (κ3) is 4.46. The fourth-order valence-electron chi connectivity index (χ4n) is 1.22. The number of rotatable bonds is 3. The number of aliphatic carboxylic acids is 1. The zero-order chi connectivity index (χ0) is 14.6. The zero-order valence-corrected chi connectivity index (χ0v) is 9.78. The highest BCUT2D eigenvalue weighted by Gasteiger charge is 2.29. The molecule has 1 amide bonds. The van der Waals surface area contributed by atoms with Crippen LogP contribution in [0.25, 0.3) is 0 Å². The second kappa shape index (κ2) is 5.55. The summed E-state index contributed by atoms with van der Waals surface area (Å²) in [7, 11) is 0. The molecule has 0 bridgehead atoms. The Morgan fingerprint density at radius 2 is 1.74 bits per heavy atom. The van der Waals surface area contributed by atoms with E-state index in [9.17, 15) is 22.8 Å². The number of hydrogen-bond donors (Lipinski definition) is 2. The second-order valence-corrected chi connectivity index (χ2v) is 3.69. The Bertz CT molecular complexity index is 518. The van der Waals surface area contributed by atoms with Crippen LogP contribution in [-0.4, -0.2) is 17.0 Å². The lowest BCUT2D eigenvalue weighted by Crippen LogP contribution is -2.14. The maximum absolute atomic E-state index is 12.3. The van der Waals surface area contributed by atoms with Gasteiger partial charge in [0, 0.05) is 17.3 Å². The average Bonchev–Trinajstić information content (AvgIpc) is 2.27. The van der Waals surface area contributed by atoms with Crippen molar-refractivity contribution in [2.24, 2.45) is 0 Å². The topological polar surface area (TPSA) is 66.4 Å². The molecule has 0 aliphatic rings. The van der Waals surface area contributed by atoms with Crippen molar-refractivity contribution in [1.82, 2.24) is 0 Å². The van der Waals surface area contributed by atoms with Crippen molar-refractivity contribution >= 4 is 17.6 Å². The maximum atomic E-state index is 12.3. The Morgan fingerprint density at radius 1 is 1.21 bits per heavy atom. The molecule has 0 saturated carbocycles. The van der Waals surface area contributed by atoms with Crippen LogP contribution >= 0.6 is 0 Å². The molecule has 0 spiro atoms. The molecule has 0 saturated heterocycles. The number of alkyl halides is 3. The van der Waals surface area contributed by atoms with Gasteiger partial charge in [-0.05, 0) is 31.2 Å². The summed E-state index contributed by atoms with van der Waals surface area (Å²) in [6, 6.07) is 3.83. The Balaban J connectivity index is 2.79. The fraction of sp³-hybridized carbons (Fsp3) is 0.167. The Labute approximate surface area is 106 Å². The molecule has 7 heteroatoms. The molecule has 1 rings (SSSR count). The minimum atomic E-state index is -4.44. The number of halogens is 3. The van der Waals surface area contributed by atoms with Crippen molar-refractivity contribution in [3.8, 4) is 0 Å². The highest BCUT2D eigenvalue weighted by Crippen LogP contribution is 2.29. The maximum Gasteiger partial charge on any atom is 0.416 e. The van der Waals surface area contributed by atoms with Gasteiger partial charge in [0.15, 0.2) is 0 Å². The Kier molecular flexibility index (Phi) is 4.31. The van der Waals surface area contributed by atoms with E-state index in [0.29, 0.717) is 6.08 Å². The molecule has 0 aliphatic carbocycles. The van der Waals surface area contributed by atoms with Crippen molar-refractivity contribution in [3.05, 3.63) is 41.5 Å². The van der Waals surface area contributed by atoms with Gasteiger partial charge in [-0.1, -0.05) is 0 Å². The first-order chi connectivity index (χ1) is 8.70. The summed E-state index contributed by atoms with van der Waals surface area (Å²) in [4.78, 5) is 21.8. The van der Waals surface area contributed by atoms with Crippen LogP contribution < -0.4 is 5.32 Å². The normalized spacial score (nSPS) is 12.1. The van der Waals surface area contributed by atoms with Gasteiger partial charge in [-0.3, -0.25) is 4.79 Å². The summed E-state index contributed by atoms with van der Waals surface area (Å²) in [5, 5.41) is 10.7. The minimum absolute atomic E-state index is 0.0626. The van der Waals surface area contributed by atoms with Crippen molar-refractivity contribution in [2.75, 3.05) is 5.32 Å². The summed E-state index contributed by atoms with van der Waals surface area (Å²) in [6.45, 7) is 1.29. The number of carbonyl (C=O) groups is 2. The number of carboxylic acids is 1. The van der Waals surface area contributed by atoms with E-state index in [2.05, 4.69) is 5.32 Å². The van der Waals surface area contributed by atoms with Gasteiger partial charge in [0.25, 0.3) is 5.91 Å². The van der Waals surface area contributed by atoms with Gasteiger partial charge in [-0.2, -0.15) is 13.2 Å². The van der Waals surface area contributed by atoms with Crippen LogP contribution in [0.4, 0.5) is 18.9 Å². The fourth-order valence-corrected chi connectivity index (χ4v) is 1.22. The first kappa shape index (κ1) is 14.7. The van der Waals surface area contributed by atoms with Crippen LogP contribution in [0.1, 0.15) is 12.5 Å². The van der Waals surface area contributed by atoms with E-state index >= 15 is 0 Å². The lowest BCUT2D eigenvalue weighted by molar-refractivity contribution is -0.137. The van der Waals surface area contributed by atoms with Gasteiger partial charge >= 0.3 is 12.1 Å². The summed E-state index contributed by atoms with van der Waals surface area (Å²) < 4.78 is 36.9. The highest BCUT2D eigenvalue weighted by molar-refractivity contribution is 6.06.